The van der Waals surface area contributed by atoms with Crippen molar-refractivity contribution in [2.24, 2.45) is 40.4 Å². The summed E-state index contributed by atoms with van der Waals surface area (Å²) >= 11 is 0. The Hall–Kier alpha value is -0.650. The molecule has 4 aliphatic rings. The van der Waals surface area contributed by atoms with Crippen molar-refractivity contribution in [3.05, 3.63) is 0 Å². The summed E-state index contributed by atoms with van der Waals surface area (Å²) in [6, 6.07) is 0. The van der Waals surface area contributed by atoms with Gasteiger partial charge in [-0.05, 0) is 92.3 Å². The first-order valence-electron chi connectivity index (χ1n) is 12.0. The zero-order chi connectivity index (χ0) is 21.0. The van der Waals surface area contributed by atoms with E-state index in [1.54, 1.807) is 0 Å². The molecule has 0 aromatic carbocycles. The first-order chi connectivity index (χ1) is 13.6. The lowest BCUT2D eigenvalue weighted by molar-refractivity contribution is -0.281. The summed E-state index contributed by atoms with van der Waals surface area (Å²) in [6.07, 6.45) is 10.1. The van der Waals surface area contributed by atoms with Gasteiger partial charge in [0.25, 0.3) is 0 Å². The Kier molecular flexibility index (Phi) is 5.57. The van der Waals surface area contributed by atoms with E-state index in [9.17, 15) is 20.1 Å². The molecule has 0 heterocycles. The van der Waals surface area contributed by atoms with Crippen molar-refractivity contribution >= 4 is 5.97 Å². The van der Waals surface area contributed by atoms with Crippen LogP contribution >= 0.6 is 0 Å². The molecular weight excluding hydrogens is 368 g/mol. The highest BCUT2D eigenvalue weighted by atomic mass is 16.5. The van der Waals surface area contributed by atoms with Gasteiger partial charge in [0.2, 0.25) is 0 Å². The van der Waals surface area contributed by atoms with Crippen LogP contribution in [-0.4, -0.2) is 38.3 Å². The van der Waals surface area contributed by atoms with Gasteiger partial charge in [0, 0.05) is 12.3 Å². The lowest BCUT2D eigenvalue weighted by Crippen LogP contribution is -2.57. The fourth-order valence-corrected chi connectivity index (χ4v) is 8.70. The predicted octanol–water partition coefficient (Wildman–Crippen LogP) is 3.94. The van der Waals surface area contributed by atoms with Crippen LogP contribution in [0, 0.1) is 40.4 Å². The lowest BCUT2D eigenvalue weighted by Gasteiger charge is -2.61. The summed E-state index contributed by atoms with van der Waals surface area (Å²) in [4.78, 5) is 10.9. The molecule has 5 nitrogen and oxygen atoms in total. The normalized spacial score (nSPS) is 45.8. The molecule has 0 aromatic heterocycles. The second-order valence-electron chi connectivity index (χ2n) is 11.3. The number of fused-ring (bicyclic) bond motifs is 5. The summed E-state index contributed by atoms with van der Waals surface area (Å²) < 4.78 is 0. The number of aliphatic hydroxyl groups is 3. The van der Waals surface area contributed by atoms with E-state index in [0.29, 0.717) is 23.7 Å². The molecule has 1 unspecified atom stereocenters. The molecule has 0 saturated heterocycles. The summed E-state index contributed by atoms with van der Waals surface area (Å²) in [7, 11) is 0. The van der Waals surface area contributed by atoms with E-state index in [0.717, 1.165) is 31.1 Å². The number of hydrogen-bond donors (Lipinski definition) is 4. The van der Waals surface area contributed by atoms with Gasteiger partial charge >= 0.3 is 5.97 Å². The Bertz CT molecular complexity index is 633. The van der Waals surface area contributed by atoms with E-state index in [1.165, 1.54) is 38.5 Å². The molecule has 0 amide bonds. The van der Waals surface area contributed by atoms with E-state index in [-0.39, 0.29) is 24.2 Å². The van der Waals surface area contributed by atoms with Crippen molar-refractivity contribution in [1.29, 1.82) is 0 Å². The van der Waals surface area contributed by atoms with Crippen molar-refractivity contribution in [3.8, 4) is 0 Å². The molecular formula is C24H40O5. The van der Waals surface area contributed by atoms with Crippen molar-refractivity contribution in [1.82, 2.24) is 0 Å². The monoisotopic (exact) mass is 408 g/mol. The average molecular weight is 409 g/mol. The number of aliphatic hydroxyl groups excluding tert-OH is 1. The molecule has 0 spiro atoms. The largest absolute Gasteiger partial charge is 0.481 e. The number of carboxylic acids is 1. The summed E-state index contributed by atoms with van der Waals surface area (Å²) in [5.41, 5.74) is 0.268. The molecule has 4 saturated carbocycles. The minimum atomic E-state index is -2.21. The van der Waals surface area contributed by atoms with Crippen molar-refractivity contribution < 1.29 is 25.2 Å². The van der Waals surface area contributed by atoms with Crippen LogP contribution in [0.2, 0.25) is 0 Å². The Morgan fingerprint density at radius 3 is 2.41 bits per heavy atom. The maximum absolute atomic E-state index is 10.9. The fraction of sp³-hybridized carbons (Fsp3) is 0.958. The van der Waals surface area contributed by atoms with Crippen LogP contribution in [0.25, 0.3) is 0 Å². The average Bonchev–Trinajstić information content (AvgIpc) is 3.03. The molecule has 0 bridgehead atoms. The molecule has 0 aromatic rings. The molecule has 166 valence electrons. The van der Waals surface area contributed by atoms with Crippen molar-refractivity contribution in [3.63, 3.8) is 0 Å². The maximum atomic E-state index is 10.9. The van der Waals surface area contributed by atoms with Crippen molar-refractivity contribution in [2.45, 2.75) is 103 Å². The van der Waals surface area contributed by atoms with E-state index in [2.05, 4.69) is 13.8 Å². The Labute approximate surface area is 174 Å². The van der Waals surface area contributed by atoms with E-state index < -0.39 is 17.9 Å². The molecule has 5 heteroatoms. The first-order valence-corrected chi connectivity index (χ1v) is 12.0. The highest BCUT2D eigenvalue weighted by Crippen LogP contribution is 2.68. The van der Waals surface area contributed by atoms with Crippen LogP contribution in [0.15, 0.2) is 0 Å². The number of carbonyl (C=O) groups is 1. The minimum Gasteiger partial charge on any atom is -0.481 e. The smallest absolute Gasteiger partial charge is 0.303 e. The Morgan fingerprint density at radius 1 is 0.966 bits per heavy atom. The highest BCUT2D eigenvalue weighted by Gasteiger charge is 2.63. The van der Waals surface area contributed by atoms with Crippen LogP contribution < -0.4 is 0 Å². The van der Waals surface area contributed by atoms with Crippen LogP contribution in [0.3, 0.4) is 0 Å². The molecule has 0 radical (unpaired) electrons. The molecule has 8 atom stereocenters. The van der Waals surface area contributed by atoms with Gasteiger partial charge in [0.05, 0.1) is 0 Å². The van der Waals surface area contributed by atoms with E-state index >= 15 is 0 Å². The quantitative estimate of drug-likeness (QED) is 0.517. The zero-order valence-electron chi connectivity index (χ0n) is 18.1. The van der Waals surface area contributed by atoms with Gasteiger partial charge in [-0.1, -0.05) is 26.7 Å². The number of aliphatic carboxylic acids is 1. The molecule has 0 aliphatic heterocycles. The fourth-order valence-electron chi connectivity index (χ4n) is 8.70. The van der Waals surface area contributed by atoms with Crippen LogP contribution in [0.1, 0.15) is 90.9 Å². The second-order valence-corrected chi connectivity index (χ2v) is 11.3. The summed E-state index contributed by atoms with van der Waals surface area (Å²) in [5, 5.41) is 41.3. The van der Waals surface area contributed by atoms with Crippen LogP contribution in [0.5, 0.6) is 0 Å². The highest BCUT2D eigenvalue weighted by molar-refractivity contribution is 5.66. The summed E-state index contributed by atoms with van der Waals surface area (Å²) in [6.45, 7) is 4.76. The molecule has 4 N–H and O–H groups in total. The molecule has 4 fully saturated rings. The van der Waals surface area contributed by atoms with Gasteiger partial charge in [0.1, 0.15) is 6.10 Å². The minimum absolute atomic E-state index is 0.120. The lowest BCUT2D eigenvalue weighted by atomic mass is 9.44. The Morgan fingerprint density at radius 2 is 1.69 bits per heavy atom. The summed E-state index contributed by atoms with van der Waals surface area (Å²) in [5.74, 6) is -0.859. The zero-order valence-corrected chi connectivity index (χ0v) is 18.1. The number of rotatable bonds is 5. The molecule has 29 heavy (non-hydrogen) atoms. The van der Waals surface area contributed by atoms with E-state index in [4.69, 9.17) is 5.11 Å². The van der Waals surface area contributed by atoms with Gasteiger partial charge in [-0.2, -0.15) is 0 Å². The van der Waals surface area contributed by atoms with Gasteiger partial charge in [-0.3, -0.25) is 4.79 Å². The van der Waals surface area contributed by atoms with Crippen molar-refractivity contribution in [2.75, 3.05) is 0 Å². The third-order valence-electron chi connectivity index (χ3n) is 10.2. The topological polar surface area (TPSA) is 98.0 Å². The standard InChI is InChI=1S/C24H40O5/c1-22-13-4-3-5-15(22)6-7-16-17-8-9-19(23(17,2)14-12-18(16)22)24(28,29)20(25)10-11-21(26)27/h15-20,25,28-29H,3-14H2,1-2H3,(H,26,27)/t15-,16-,17-,18-,19-,20?,22-,23-/m0/s1. The maximum Gasteiger partial charge on any atom is 0.303 e. The van der Waals surface area contributed by atoms with Crippen LogP contribution in [0.4, 0.5) is 0 Å². The van der Waals surface area contributed by atoms with Gasteiger partial charge in [-0.15, -0.1) is 0 Å². The first kappa shape index (κ1) is 21.6. The Balaban J connectivity index is 1.54. The van der Waals surface area contributed by atoms with E-state index in [1.807, 2.05) is 0 Å². The third kappa shape index (κ3) is 3.36. The number of hydrogen-bond acceptors (Lipinski definition) is 4. The predicted molar refractivity (Wildman–Crippen MR) is 110 cm³/mol. The van der Waals surface area contributed by atoms with Gasteiger partial charge < -0.3 is 20.4 Å². The second kappa shape index (κ2) is 7.49. The van der Waals surface area contributed by atoms with Crippen LogP contribution in [-0.2, 0) is 4.79 Å². The third-order valence-corrected chi connectivity index (χ3v) is 10.2. The SMILES string of the molecule is C[C@]12CCCC[C@H]1CC[C@@H]1[C@@H]2CC[C@]2(C)[C@@H](C(O)(O)C(O)CCC(=O)O)CC[C@@H]12. The number of carboxylic acid groups (broad SMARTS) is 1. The van der Waals surface area contributed by atoms with Gasteiger partial charge in [-0.25, -0.2) is 0 Å². The molecule has 4 aliphatic carbocycles. The van der Waals surface area contributed by atoms with Gasteiger partial charge in [0.15, 0.2) is 5.79 Å². The molecule has 4 rings (SSSR count).